The largest absolute Gasteiger partial charge is 0.384 e. The first-order chi connectivity index (χ1) is 8.69. The van der Waals surface area contributed by atoms with E-state index in [9.17, 15) is 0 Å². The zero-order chi connectivity index (χ0) is 13.0. The summed E-state index contributed by atoms with van der Waals surface area (Å²) < 4.78 is 0. The first-order valence-corrected chi connectivity index (χ1v) is 7.55. The van der Waals surface area contributed by atoms with Crippen molar-refractivity contribution in [1.82, 2.24) is 15.0 Å². The van der Waals surface area contributed by atoms with E-state index in [0.717, 1.165) is 10.7 Å². The Labute approximate surface area is 115 Å². The Kier molecular flexibility index (Phi) is 4.43. The quantitative estimate of drug-likeness (QED) is 0.527. The van der Waals surface area contributed by atoms with E-state index in [-0.39, 0.29) is 5.25 Å². The molecule has 1 atom stereocenters. The van der Waals surface area contributed by atoms with Crippen molar-refractivity contribution in [2.24, 2.45) is 0 Å². The molecule has 0 saturated carbocycles. The van der Waals surface area contributed by atoms with E-state index in [2.05, 4.69) is 21.9 Å². The van der Waals surface area contributed by atoms with Gasteiger partial charge in [-0.1, -0.05) is 17.8 Å². The van der Waals surface area contributed by atoms with Crippen molar-refractivity contribution in [3.05, 3.63) is 36.2 Å². The summed E-state index contributed by atoms with van der Waals surface area (Å²) >= 11 is 3.12. The van der Waals surface area contributed by atoms with Crippen molar-refractivity contribution in [1.29, 1.82) is 0 Å². The summed E-state index contributed by atoms with van der Waals surface area (Å²) in [7, 11) is 0. The molecule has 2 aromatic rings. The van der Waals surface area contributed by atoms with Crippen LogP contribution in [0.25, 0.3) is 0 Å². The molecule has 2 N–H and O–H groups in total. The fraction of sp³-hybridized carbons (Fsp3) is 0.250. The molecule has 0 saturated heterocycles. The summed E-state index contributed by atoms with van der Waals surface area (Å²) in [6.07, 6.45) is 3.76. The third kappa shape index (κ3) is 3.36. The van der Waals surface area contributed by atoms with Gasteiger partial charge in [-0.3, -0.25) is 4.98 Å². The maximum Gasteiger partial charge on any atom is 0.191 e. The molecule has 0 spiro atoms. The van der Waals surface area contributed by atoms with Crippen LogP contribution in [0.15, 0.2) is 40.6 Å². The summed E-state index contributed by atoms with van der Waals surface area (Å²) in [6, 6.07) is 7.66. The van der Waals surface area contributed by atoms with Gasteiger partial charge in [0.1, 0.15) is 10.8 Å². The minimum atomic E-state index is 0.197. The van der Waals surface area contributed by atoms with Crippen LogP contribution in [0.4, 0.5) is 5.82 Å². The number of thioether (sulfide) groups is 2. The average molecular weight is 278 g/mol. The lowest BCUT2D eigenvalue weighted by atomic mass is 10.3. The topological polar surface area (TPSA) is 64.7 Å². The normalized spacial score (nSPS) is 12.3. The molecule has 0 fully saturated rings. The number of hydrogen-bond donors (Lipinski definition) is 1. The number of aromatic nitrogens is 3. The summed E-state index contributed by atoms with van der Waals surface area (Å²) in [4.78, 5) is 13.0. The highest BCUT2D eigenvalue weighted by molar-refractivity contribution is 7.99. The van der Waals surface area contributed by atoms with Crippen LogP contribution in [-0.4, -0.2) is 21.2 Å². The second kappa shape index (κ2) is 6.06. The Morgan fingerprint density at radius 2 is 2.11 bits per heavy atom. The minimum absolute atomic E-state index is 0.197. The van der Waals surface area contributed by atoms with Crippen molar-refractivity contribution >= 4 is 29.3 Å². The highest BCUT2D eigenvalue weighted by atomic mass is 32.2. The highest BCUT2D eigenvalue weighted by Gasteiger charge is 2.11. The first kappa shape index (κ1) is 13.2. The molecule has 0 amide bonds. The fourth-order valence-electron chi connectivity index (χ4n) is 1.41. The number of nitrogens with two attached hydrogens (primary N) is 1. The van der Waals surface area contributed by atoms with Crippen molar-refractivity contribution < 1.29 is 0 Å². The molecule has 0 aromatic carbocycles. The SMILES string of the molecule is CSc1cc(N)nc(SC(C)c2ccccn2)n1. The van der Waals surface area contributed by atoms with Crippen LogP contribution in [0, 0.1) is 0 Å². The molecule has 2 rings (SSSR count). The van der Waals surface area contributed by atoms with E-state index >= 15 is 0 Å². The van der Waals surface area contributed by atoms with Gasteiger partial charge in [0.25, 0.3) is 0 Å². The minimum Gasteiger partial charge on any atom is -0.384 e. The van der Waals surface area contributed by atoms with Crippen LogP contribution in [-0.2, 0) is 0 Å². The van der Waals surface area contributed by atoms with Crippen molar-refractivity contribution in [3.8, 4) is 0 Å². The molecular formula is C12H14N4S2. The van der Waals surface area contributed by atoms with E-state index in [0.29, 0.717) is 11.0 Å². The van der Waals surface area contributed by atoms with Gasteiger partial charge < -0.3 is 5.73 Å². The molecule has 0 radical (unpaired) electrons. The van der Waals surface area contributed by atoms with Gasteiger partial charge in [0.05, 0.1) is 10.9 Å². The third-order valence-corrected chi connectivity index (χ3v) is 3.91. The molecule has 0 aliphatic heterocycles. The molecule has 2 heterocycles. The van der Waals surface area contributed by atoms with Crippen LogP contribution in [0.2, 0.25) is 0 Å². The van der Waals surface area contributed by atoms with Crippen LogP contribution in [0.5, 0.6) is 0 Å². The molecule has 4 nitrogen and oxygen atoms in total. The van der Waals surface area contributed by atoms with Gasteiger partial charge in [0, 0.05) is 12.3 Å². The van der Waals surface area contributed by atoms with Gasteiger partial charge in [-0.25, -0.2) is 9.97 Å². The van der Waals surface area contributed by atoms with Gasteiger partial charge in [0.15, 0.2) is 5.16 Å². The van der Waals surface area contributed by atoms with E-state index in [1.807, 2.05) is 24.5 Å². The molecule has 6 heteroatoms. The maximum absolute atomic E-state index is 5.76. The van der Waals surface area contributed by atoms with Crippen LogP contribution in [0.3, 0.4) is 0 Å². The van der Waals surface area contributed by atoms with Gasteiger partial charge >= 0.3 is 0 Å². The molecule has 2 aromatic heterocycles. The number of nitrogen functional groups attached to an aromatic ring is 1. The molecule has 18 heavy (non-hydrogen) atoms. The molecule has 0 bridgehead atoms. The Morgan fingerprint density at radius 1 is 1.28 bits per heavy atom. The molecule has 0 aliphatic carbocycles. The number of anilines is 1. The Balaban J connectivity index is 2.16. The van der Waals surface area contributed by atoms with E-state index < -0.39 is 0 Å². The number of pyridine rings is 1. The van der Waals surface area contributed by atoms with Crippen LogP contribution in [0.1, 0.15) is 17.9 Å². The van der Waals surface area contributed by atoms with Gasteiger partial charge in [-0.2, -0.15) is 0 Å². The summed E-state index contributed by atoms with van der Waals surface area (Å²) in [5.74, 6) is 0.505. The molecule has 94 valence electrons. The summed E-state index contributed by atoms with van der Waals surface area (Å²) in [6.45, 7) is 2.08. The average Bonchev–Trinajstić information content (AvgIpc) is 2.39. The molecular weight excluding hydrogens is 264 g/mol. The number of rotatable bonds is 4. The first-order valence-electron chi connectivity index (χ1n) is 5.45. The third-order valence-electron chi connectivity index (χ3n) is 2.30. The predicted octanol–water partition coefficient (Wildman–Crippen LogP) is 3.03. The van der Waals surface area contributed by atoms with Crippen molar-refractivity contribution in [2.45, 2.75) is 22.4 Å². The monoisotopic (exact) mass is 278 g/mol. The Bertz CT molecular complexity index is 519. The second-order valence-electron chi connectivity index (χ2n) is 3.63. The molecule has 0 aliphatic rings. The smallest absolute Gasteiger partial charge is 0.191 e. The summed E-state index contributed by atoms with van der Waals surface area (Å²) in [5, 5.41) is 1.78. The zero-order valence-electron chi connectivity index (χ0n) is 10.2. The lowest BCUT2D eigenvalue weighted by molar-refractivity contribution is 0.888. The lowest BCUT2D eigenvalue weighted by Gasteiger charge is -2.10. The lowest BCUT2D eigenvalue weighted by Crippen LogP contribution is -1.98. The number of hydrogen-bond acceptors (Lipinski definition) is 6. The van der Waals surface area contributed by atoms with Gasteiger partial charge in [-0.05, 0) is 25.3 Å². The zero-order valence-corrected chi connectivity index (χ0v) is 11.8. The number of nitrogens with zero attached hydrogens (tertiary/aromatic N) is 3. The van der Waals surface area contributed by atoms with E-state index in [4.69, 9.17) is 5.73 Å². The van der Waals surface area contributed by atoms with Crippen LogP contribution < -0.4 is 5.73 Å². The van der Waals surface area contributed by atoms with E-state index in [1.165, 1.54) is 0 Å². The second-order valence-corrected chi connectivity index (χ2v) is 5.77. The highest BCUT2D eigenvalue weighted by Crippen LogP contribution is 2.32. The van der Waals surface area contributed by atoms with Gasteiger partial charge in [0.2, 0.25) is 0 Å². The summed E-state index contributed by atoms with van der Waals surface area (Å²) in [5.41, 5.74) is 6.77. The fourth-order valence-corrected chi connectivity index (χ4v) is 2.77. The van der Waals surface area contributed by atoms with Gasteiger partial charge in [-0.15, -0.1) is 11.8 Å². The maximum atomic E-state index is 5.76. The van der Waals surface area contributed by atoms with Crippen LogP contribution >= 0.6 is 23.5 Å². The standard InChI is InChI=1S/C12H14N4S2/c1-8(9-5-3-4-6-14-9)18-12-15-10(13)7-11(16-12)17-2/h3-8H,1-2H3,(H2,13,15,16). The predicted molar refractivity (Wildman–Crippen MR) is 76.7 cm³/mol. The van der Waals surface area contributed by atoms with Crippen molar-refractivity contribution in [3.63, 3.8) is 0 Å². The Hall–Kier alpha value is -1.27. The van der Waals surface area contributed by atoms with Crippen molar-refractivity contribution in [2.75, 3.05) is 12.0 Å². The Morgan fingerprint density at radius 3 is 2.78 bits per heavy atom. The van der Waals surface area contributed by atoms with E-state index in [1.54, 1.807) is 35.8 Å². The molecule has 1 unspecified atom stereocenters.